The van der Waals surface area contributed by atoms with E-state index in [0.29, 0.717) is 6.42 Å². The molecule has 1 N–H and O–H groups in total. The lowest BCUT2D eigenvalue weighted by molar-refractivity contribution is -0.145. The Bertz CT molecular complexity index is 368. The molecular formula is C16H27NO5. The molecule has 0 aliphatic carbocycles. The van der Waals surface area contributed by atoms with Gasteiger partial charge in [-0.3, -0.25) is 9.59 Å². The summed E-state index contributed by atoms with van der Waals surface area (Å²) in [7, 11) is 2.56. The fourth-order valence-corrected chi connectivity index (χ4v) is 1.97. The van der Waals surface area contributed by atoms with Gasteiger partial charge in [0.15, 0.2) is 0 Å². The topological polar surface area (TPSA) is 81.7 Å². The molecule has 0 saturated carbocycles. The fourth-order valence-electron chi connectivity index (χ4n) is 1.97. The molecule has 0 heterocycles. The van der Waals surface area contributed by atoms with Crippen LogP contribution in [0.1, 0.15) is 51.4 Å². The predicted octanol–water partition coefficient (Wildman–Crippen LogP) is 2.12. The van der Waals surface area contributed by atoms with Crippen LogP contribution in [0.5, 0.6) is 0 Å². The number of ether oxygens (including phenoxy) is 2. The molecule has 0 spiro atoms. The molecule has 0 aromatic heterocycles. The summed E-state index contributed by atoms with van der Waals surface area (Å²) in [4.78, 5) is 34.4. The monoisotopic (exact) mass is 313 g/mol. The first kappa shape index (κ1) is 20.1. The second-order valence-electron chi connectivity index (χ2n) is 5.00. The molecule has 1 amide bonds. The number of carbonyl (C=O) groups is 3. The summed E-state index contributed by atoms with van der Waals surface area (Å²) in [6.07, 6.45) is 7.37. The Labute approximate surface area is 132 Å². The minimum absolute atomic E-state index is 0.000494. The predicted molar refractivity (Wildman–Crippen MR) is 83.1 cm³/mol. The van der Waals surface area contributed by atoms with Gasteiger partial charge in [-0.25, -0.2) is 4.79 Å². The summed E-state index contributed by atoms with van der Waals surface area (Å²) < 4.78 is 9.17. The Morgan fingerprint density at radius 1 is 1.05 bits per heavy atom. The molecule has 0 aromatic carbocycles. The van der Waals surface area contributed by atoms with Crippen LogP contribution in [0.4, 0.5) is 0 Å². The third-order valence-electron chi connectivity index (χ3n) is 3.26. The van der Waals surface area contributed by atoms with E-state index in [1.54, 1.807) is 0 Å². The number of nitrogens with one attached hydrogen (secondary N) is 1. The van der Waals surface area contributed by atoms with Gasteiger partial charge in [-0.05, 0) is 19.3 Å². The summed E-state index contributed by atoms with van der Waals surface area (Å²) in [5, 5.41) is 2.61. The molecule has 22 heavy (non-hydrogen) atoms. The maximum Gasteiger partial charge on any atom is 0.328 e. The van der Waals surface area contributed by atoms with Crippen LogP contribution in [0, 0.1) is 0 Å². The van der Waals surface area contributed by atoms with Gasteiger partial charge in [-0.2, -0.15) is 0 Å². The van der Waals surface area contributed by atoms with E-state index in [1.165, 1.54) is 14.2 Å². The standard InChI is InChI=1S/C16H27NO5/c1-4-5-6-7-8-9-10-13(16(20)22-3)17-14(18)11-12-15(19)21-2/h4,13H,1,5-12H2,2-3H3,(H,17,18)/t13-/m0/s1. The van der Waals surface area contributed by atoms with Gasteiger partial charge >= 0.3 is 11.9 Å². The van der Waals surface area contributed by atoms with Crippen molar-refractivity contribution < 1.29 is 23.9 Å². The molecule has 126 valence electrons. The van der Waals surface area contributed by atoms with E-state index in [1.807, 2.05) is 6.08 Å². The van der Waals surface area contributed by atoms with Gasteiger partial charge in [0.25, 0.3) is 0 Å². The molecule has 6 heteroatoms. The zero-order valence-electron chi connectivity index (χ0n) is 13.6. The number of carbonyl (C=O) groups excluding carboxylic acids is 3. The van der Waals surface area contributed by atoms with Crippen molar-refractivity contribution >= 4 is 17.8 Å². The highest BCUT2D eigenvalue weighted by atomic mass is 16.5. The van der Waals surface area contributed by atoms with E-state index in [4.69, 9.17) is 4.74 Å². The number of allylic oxidation sites excluding steroid dienone is 1. The average molecular weight is 313 g/mol. The quantitative estimate of drug-likeness (QED) is 0.339. The van der Waals surface area contributed by atoms with Crippen LogP contribution in [0.2, 0.25) is 0 Å². The number of amides is 1. The van der Waals surface area contributed by atoms with E-state index in [0.717, 1.165) is 32.1 Å². The number of hydrogen-bond acceptors (Lipinski definition) is 5. The van der Waals surface area contributed by atoms with E-state index >= 15 is 0 Å². The van der Waals surface area contributed by atoms with Gasteiger partial charge in [0, 0.05) is 6.42 Å². The van der Waals surface area contributed by atoms with Crippen LogP contribution < -0.4 is 5.32 Å². The maximum absolute atomic E-state index is 11.7. The van der Waals surface area contributed by atoms with E-state index in [2.05, 4.69) is 16.6 Å². The lowest BCUT2D eigenvalue weighted by atomic mass is 10.1. The Kier molecular flexibility index (Phi) is 11.8. The number of rotatable bonds is 12. The molecule has 0 aliphatic rings. The fraction of sp³-hybridized carbons (Fsp3) is 0.688. The second-order valence-corrected chi connectivity index (χ2v) is 5.00. The smallest absolute Gasteiger partial charge is 0.328 e. The zero-order valence-corrected chi connectivity index (χ0v) is 13.6. The minimum atomic E-state index is -0.658. The number of esters is 2. The van der Waals surface area contributed by atoms with Gasteiger partial charge in [0.2, 0.25) is 5.91 Å². The Morgan fingerprint density at radius 2 is 1.73 bits per heavy atom. The number of unbranched alkanes of at least 4 members (excludes halogenated alkanes) is 4. The van der Waals surface area contributed by atoms with Crippen molar-refractivity contribution in [2.75, 3.05) is 14.2 Å². The van der Waals surface area contributed by atoms with Gasteiger partial charge in [0.1, 0.15) is 6.04 Å². The van der Waals surface area contributed by atoms with Gasteiger partial charge < -0.3 is 14.8 Å². The van der Waals surface area contributed by atoms with Gasteiger partial charge in [-0.15, -0.1) is 6.58 Å². The largest absolute Gasteiger partial charge is 0.469 e. The molecule has 0 radical (unpaired) electrons. The number of hydrogen-bond donors (Lipinski definition) is 1. The average Bonchev–Trinajstić information content (AvgIpc) is 2.53. The van der Waals surface area contributed by atoms with Crippen molar-refractivity contribution in [1.29, 1.82) is 0 Å². The van der Waals surface area contributed by atoms with Crippen molar-refractivity contribution in [1.82, 2.24) is 5.32 Å². The van der Waals surface area contributed by atoms with Crippen LogP contribution in [0.15, 0.2) is 12.7 Å². The summed E-state index contributed by atoms with van der Waals surface area (Å²) in [6.45, 7) is 3.67. The third kappa shape index (κ3) is 9.96. The summed E-state index contributed by atoms with van der Waals surface area (Å²) >= 11 is 0. The molecule has 0 fully saturated rings. The molecule has 0 saturated heterocycles. The molecular weight excluding hydrogens is 286 g/mol. The zero-order chi connectivity index (χ0) is 16.8. The van der Waals surface area contributed by atoms with Crippen LogP contribution in [0.3, 0.4) is 0 Å². The van der Waals surface area contributed by atoms with Crippen LogP contribution in [0.25, 0.3) is 0 Å². The van der Waals surface area contributed by atoms with Gasteiger partial charge in [-0.1, -0.05) is 25.3 Å². The van der Waals surface area contributed by atoms with E-state index in [-0.39, 0.29) is 18.7 Å². The van der Waals surface area contributed by atoms with Crippen molar-refractivity contribution in [3.63, 3.8) is 0 Å². The highest BCUT2D eigenvalue weighted by Gasteiger charge is 2.21. The number of methoxy groups -OCH3 is 2. The van der Waals surface area contributed by atoms with Crippen LogP contribution in [-0.2, 0) is 23.9 Å². The van der Waals surface area contributed by atoms with Gasteiger partial charge in [0.05, 0.1) is 20.6 Å². The first-order chi connectivity index (χ1) is 10.5. The second kappa shape index (κ2) is 12.9. The van der Waals surface area contributed by atoms with E-state index < -0.39 is 18.0 Å². The van der Waals surface area contributed by atoms with Crippen molar-refractivity contribution in [2.45, 2.75) is 57.4 Å². The minimum Gasteiger partial charge on any atom is -0.469 e. The van der Waals surface area contributed by atoms with E-state index in [9.17, 15) is 14.4 Å². The molecule has 0 aromatic rings. The highest BCUT2D eigenvalue weighted by Crippen LogP contribution is 2.09. The SMILES string of the molecule is C=CCCCCCC[C@H](NC(=O)CCC(=O)OC)C(=O)OC. The third-order valence-corrected chi connectivity index (χ3v) is 3.26. The molecule has 0 rings (SSSR count). The Hall–Kier alpha value is -1.85. The molecule has 1 atom stereocenters. The van der Waals surface area contributed by atoms with Crippen molar-refractivity contribution in [3.8, 4) is 0 Å². The maximum atomic E-state index is 11.7. The lowest BCUT2D eigenvalue weighted by Crippen LogP contribution is -2.41. The molecule has 0 aliphatic heterocycles. The van der Waals surface area contributed by atoms with Crippen molar-refractivity contribution in [2.24, 2.45) is 0 Å². The van der Waals surface area contributed by atoms with Crippen molar-refractivity contribution in [3.05, 3.63) is 12.7 Å². The van der Waals surface area contributed by atoms with Crippen LogP contribution >= 0.6 is 0 Å². The lowest BCUT2D eigenvalue weighted by Gasteiger charge is -2.16. The Morgan fingerprint density at radius 3 is 2.32 bits per heavy atom. The summed E-state index contributed by atoms with van der Waals surface area (Å²) in [5.74, 6) is -1.27. The normalized spacial score (nSPS) is 11.4. The summed E-state index contributed by atoms with van der Waals surface area (Å²) in [5.41, 5.74) is 0. The first-order valence-corrected chi connectivity index (χ1v) is 7.60. The molecule has 6 nitrogen and oxygen atoms in total. The van der Waals surface area contributed by atoms with Crippen LogP contribution in [-0.4, -0.2) is 38.1 Å². The first-order valence-electron chi connectivity index (χ1n) is 7.60. The molecule has 0 unspecified atom stereocenters. The Balaban J connectivity index is 4.11. The highest BCUT2D eigenvalue weighted by molar-refractivity contribution is 5.86. The summed E-state index contributed by atoms with van der Waals surface area (Å²) in [6, 6.07) is -0.658. The molecule has 0 bridgehead atoms.